The summed E-state index contributed by atoms with van der Waals surface area (Å²) in [5.41, 5.74) is 1.62. The van der Waals surface area contributed by atoms with E-state index in [0.29, 0.717) is 31.0 Å². The minimum atomic E-state index is -3.86. The average Bonchev–Trinajstić information content (AvgIpc) is 2.88. The van der Waals surface area contributed by atoms with Gasteiger partial charge in [-0.1, -0.05) is 53.5 Å². The number of anilines is 2. The maximum atomic E-state index is 13.5. The predicted molar refractivity (Wildman–Crippen MR) is 139 cm³/mol. The number of morpholine rings is 1. The number of nitrogens with one attached hydrogen (secondary N) is 2. The van der Waals surface area contributed by atoms with E-state index in [9.17, 15) is 17.6 Å². The lowest BCUT2D eigenvalue weighted by Gasteiger charge is -2.27. The van der Waals surface area contributed by atoms with Crippen LogP contribution in [0.15, 0.2) is 71.6 Å². The number of hydrogen-bond acceptors (Lipinski definition) is 5. The molecule has 0 spiro atoms. The van der Waals surface area contributed by atoms with Gasteiger partial charge in [0, 0.05) is 30.9 Å². The number of benzene rings is 3. The summed E-state index contributed by atoms with van der Waals surface area (Å²) >= 11 is 12.1. The summed E-state index contributed by atoms with van der Waals surface area (Å²) in [6.07, 6.45) is 0.301. The maximum absolute atomic E-state index is 13.5. The number of sulfonamides is 1. The smallest absolute Gasteiger partial charge is 0.247 e. The van der Waals surface area contributed by atoms with Gasteiger partial charge in [-0.25, -0.2) is 12.8 Å². The Balaban J connectivity index is 1.61. The van der Waals surface area contributed by atoms with Crippen molar-refractivity contribution in [2.24, 2.45) is 0 Å². The molecular formula is C25H24Cl2FN3O4S. The Morgan fingerprint density at radius 3 is 2.36 bits per heavy atom. The van der Waals surface area contributed by atoms with Crippen molar-refractivity contribution >= 4 is 50.5 Å². The number of amides is 1. The van der Waals surface area contributed by atoms with Gasteiger partial charge in [0.05, 0.1) is 23.3 Å². The lowest BCUT2D eigenvalue weighted by molar-refractivity contribution is -0.116. The molecule has 0 aromatic heterocycles. The Morgan fingerprint density at radius 1 is 0.972 bits per heavy atom. The number of carbonyl (C=O) groups excluding carboxylic acids is 1. The number of hydrogen-bond donors (Lipinski definition) is 2. The van der Waals surface area contributed by atoms with Gasteiger partial charge in [0.2, 0.25) is 15.9 Å². The van der Waals surface area contributed by atoms with E-state index >= 15 is 0 Å². The molecule has 1 aliphatic rings. The van der Waals surface area contributed by atoms with E-state index in [1.54, 1.807) is 6.07 Å². The Labute approximate surface area is 219 Å². The lowest BCUT2D eigenvalue weighted by atomic mass is 10.0. The highest BCUT2D eigenvalue weighted by atomic mass is 35.5. The molecule has 2 N–H and O–H groups in total. The largest absolute Gasteiger partial charge is 0.379 e. The minimum Gasteiger partial charge on any atom is -0.379 e. The number of rotatable bonds is 8. The molecule has 0 bridgehead atoms. The van der Waals surface area contributed by atoms with Crippen molar-refractivity contribution < 1.29 is 22.3 Å². The van der Waals surface area contributed by atoms with E-state index in [0.717, 1.165) is 5.56 Å². The molecule has 1 heterocycles. The van der Waals surface area contributed by atoms with Crippen LogP contribution in [0.25, 0.3) is 0 Å². The standard InChI is InChI=1S/C25H24Cl2FN3O4S/c26-20-8-6-19(16-24(20)36(33,34)31-10-12-35-13-11-31)29-23(14-17-4-2-1-3-5-17)25(32)30-18-7-9-22(28)21(27)15-18/h1-9,15-16,23,29H,10-14H2,(H,30,32). The summed E-state index contributed by atoms with van der Waals surface area (Å²) in [6, 6.07) is 17.0. The second kappa shape index (κ2) is 11.6. The molecule has 0 aliphatic carbocycles. The molecule has 1 fully saturated rings. The third-order valence-corrected chi connectivity index (χ3v) is 8.32. The first-order valence-electron chi connectivity index (χ1n) is 11.2. The quantitative estimate of drug-likeness (QED) is 0.419. The molecular weight excluding hydrogens is 528 g/mol. The summed E-state index contributed by atoms with van der Waals surface area (Å²) in [4.78, 5) is 13.2. The van der Waals surface area contributed by atoms with Crippen molar-refractivity contribution in [3.8, 4) is 0 Å². The topological polar surface area (TPSA) is 87.7 Å². The van der Waals surface area contributed by atoms with Crippen LogP contribution < -0.4 is 10.6 Å². The zero-order valence-electron chi connectivity index (χ0n) is 19.1. The number of ether oxygens (including phenoxy) is 1. The third kappa shape index (κ3) is 6.35. The van der Waals surface area contributed by atoms with E-state index in [1.807, 2.05) is 30.3 Å². The summed E-state index contributed by atoms with van der Waals surface area (Å²) in [6.45, 7) is 1.08. The van der Waals surface area contributed by atoms with Crippen LogP contribution in [0.1, 0.15) is 5.56 Å². The normalized spacial score (nSPS) is 15.3. The van der Waals surface area contributed by atoms with Crippen LogP contribution in [0.4, 0.5) is 15.8 Å². The van der Waals surface area contributed by atoms with Gasteiger partial charge < -0.3 is 15.4 Å². The van der Waals surface area contributed by atoms with Gasteiger partial charge in [-0.2, -0.15) is 4.31 Å². The van der Waals surface area contributed by atoms with Crippen LogP contribution in [-0.2, 0) is 26.0 Å². The second-order valence-electron chi connectivity index (χ2n) is 8.17. The van der Waals surface area contributed by atoms with Crippen LogP contribution in [0.3, 0.4) is 0 Å². The number of carbonyl (C=O) groups is 1. The first-order chi connectivity index (χ1) is 17.2. The maximum Gasteiger partial charge on any atom is 0.247 e. The van der Waals surface area contributed by atoms with Crippen molar-refractivity contribution in [1.82, 2.24) is 4.31 Å². The van der Waals surface area contributed by atoms with Crippen molar-refractivity contribution in [2.45, 2.75) is 17.4 Å². The van der Waals surface area contributed by atoms with E-state index in [-0.39, 0.29) is 28.0 Å². The predicted octanol–water partition coefficient (Wildman–Crippen LogP) is 4.82. The molecule has 4 rings (SSSR count). The molecule has 1 saturated heterocycles. The number of nitrogens with zero attached hydrogens (tertiary/aromatic N) is 1. The molecule has 3 aromatic carbocycles. The highest BCUT2D eigenvalue weighted by Crippen LogP contribution is 2.29. The summed E-state index contributed by atoms with van der Waals surface area (Å²) in [7, 11) is -3.86. The highest BCUT2D eigenvalue weighted by Gasteiger charge is 2.29. The first kappa shape index (κ1) is 26.4. The van der Waals surface area contributed by atoms with E-state index in [1.165, 1.54) is 34.6 Å². The first-order valence-corrected chi connectivity index (χ1v) is 13.4. The zero-order valence-corrected chi connectivity index (χ0v) is 21.4. The second-order valence-corrected chi connectivity index (χ2v) is 10.9. The molecule has 1 aliphatic heterocycles. The summed E-state index contributed by atoms with van der Waals surface area (Å²) < 4.78 is 46.5. The van der Waals surface area contributed by atoms with Gasteiger partial charge in [-0.05, 0) is 42.0 Å². The molecule has 11 heteroatoms. The van der Waals surface area contributed by atoms with Crippen molar-refractivity contribution in [2.75, 3.05) is 36.9 Å². The Hall–Kier alpha value is -2.69. The monoisotopic (exact) mass is 551 g/mol. The van der Waals surface area contributed by atoms with Crippen LogP contribution in [0.2, 0.25) is 10.0 Å². The molecule has 1 amide bonds. The van der Waals surface area contributed by atoms with Gasteiger partial charge >= 0.3 is 0 Å². The van der Waals surface area contributed by atoms with E-state index < -0.39 is 27.8 Å². The molecule has 1 unspecified atom stereocenters. The molecule has 0 saturated carbocycles. The van der Waals surface area contributed by atoms with Crippen LogP contribution >= 0.6 is 23.2 Å². The summed E-state index contributed by atoms with van der Waals surface area (Å²) in [5, 5.41) is 5.84. The van der Waals surface area contributed by atoms with Gasteiger partial charge in [0.25, 0.3) is 0 Å². The highest BCUT2D eigenvalue weighted by molar-refractivity contribution is 7.89. The average molecular weight is 552 g/mol. The van der Waals surface area contributed by atoms with Gasteiger partial charge in [0.15, 0.2) is 0 Å². The molecule has 1 atom stereocenters. The third-order valence-electron chi connectivity index (χ3n) is 5.65. The Bertz CT molecular complexity index is 1340. The molecule has 7 nitrogen and oxygen atoms in total. The van der Waals surface area contributed by atoms with E-state index in [2.05, 4.69) is 10.6 Å². The zero-order chi connectivity index (χ0) is 25.7. The van der Waals surface area contributed by atoms with Crippen molar-refractivity contribution in [3.63, 3.8) is 0 Å². The minimum absolute atomic E-state index is 0.0553. The fourth-order valence-corrected chi connectivity index (χ4v) is 5.87. The van der Waals surface area contributed by atoms with Crippen molar-refractivity contribution in [1.29, 1.82) is 0 Å². The van der Waals surface area contributed by atoms with Crippen LogP contribution in [0.5, 0.6) is 0 Å². The van der Waals surface area contributed by atoms with Gasteiger partial charge in [-0.3, -0.25) is 4.79 Å². The van der Waals surface area contributed by atoms with E-state index in [4.69, 9.17) is 27.9 Å². The van der Waals surface area contributed by atoms with Crippen LogP contribution in [0, 0.1) is 5.82 Å². The molecule has 0 radical (unpaired) electrons. The SMILES string of the molecule is O=C(Nc1ccc(F)c(Cl)c1)C(Cc1ccccc1)Nc1ccc(Cl)c(S(=O)(=O)N2CCOCC2)c1. The molecule has 3 aromatic rings. The van der Waals surface area contributed by atoms with Crippen LogP contribution in [-0.4, -0.2) is 51.0 Å². The Kier molecular flexibility index (Phi) is 8.48. The summed E-state index contributed by atoms with van der Waals surface area (Å²) in [5.74, 6) is -1.00. The lowest BCUT2D eigenvalue weighted by Crippen LogP contribution is -2.40. The van der Waals surface area contributed by atoms with Gasteiger partial charge in [0.1, 0.15) is 16.8 Å². The fourth-order valence-electron chi connectivity index (χ4n) is 3.78. The molecule has 190 valence electrons. The number of halogens is 3. The van der Waals surface area contributed by atoms with Crippen molar-refractivity contribution in [3.05, 3.63) is 88.2 Å². The van der Waals surface area contributed by atoms with Gasteiger partial charge in [-0.15, -0.1) is 0 Å². The Morgan fingerprint density at radius 2 is 1.67 bits per heavy atom. The fraction of sp³-hybridized carbons (Fsp3) is 0.240. The molecule has 36 heavy (non-hydrogen) atoms.